The van der Waals surface area contributed by atoms with Gasteiger partial charge in [0, 0.05) is 18.7 Å². The van der Waals surface area contributed by atoms with Gasteiger partial charge in [0.1, 0.15) is 11.6 Å². The molecule has 0 saturated carbocycles. The van der Waals surface area contributed by atoms with Crippen molar-refractivity contribution in [2.75, 3.05) is 13.6 Å². The first-order valence-corrected chi connectivity index (χ1v) is 6.79. The topological polar surface area (TPSA) is 42.4 Å². The van der Waals surface area contributed by atoms with Crippen molar-refractivity contribution in [3.05, 3.63) is 58.8 Å². The highest BCUT2D eigenvalue weighted by atomic mass is 19.1. The van der Waals surface area contributed by atoms with Gasteiger partial charge in [-0.2, -0.15) is 0 Å². The minimum atomic E-state index is -0.312. The molecule has 0 spiro atoms. The minimum Gasteiger partial charge on any atom is -0.469 e. The SMILES string of the molecule is Cc1occc1CN(C)Cc1ccc(F)c(C#CCN)c1. The number of aryl methyl sites for hydroxylation is 1. The Morgan fingerprint density at radius 2 is 2.10 bits per heavy atom. The van der Waals surface area contributed by atoms with Crippen LogP contribution in [0.2, 0.25) is 0 Å². The number of furan rings is 1. The molecule has 1 heterocycles. The molecule has 0 amide bonds. The van der Waals surface area contributed by atoms with Crippen LogP contribution in [0.3, 0.4) is 0 Å². The zero-order valence-electron chi connectivity index (χ0n) is 12.3. The Kier molecular flexibility index (Phi) is 5.15. The normalized spacial score (nSPS) is 10.5. The molecule has 0 unspecified atom stereocenters. The molecule has 2 rings (SSSR count). The number of nitrogens with two attached hydrogens (primary N) is 1. The van der Waals surface area contributed by atoms with Crippen molar-refractivity contribution in [3.8, 4) is 11.8 Å². The third-order valence-electron chi connectivity index (χ3n) is 3.21. The molecule has 4 heteroatoms. The van der Waals surface area contributed by atoms with Crippen molar-refractivity contribution in [3.63, 3.8) is 0 Å². The van der Waals surface area contributed by atoms with Crippen LogP contribution in [0, 0.1) is 24.6 Å². The summed E-state index contributed by atoms with van der Waals surface area (Å²) in [5, 5.41) is 0. The molecular formula is C17H19FN2O. The van der Waals surface area contributed by atoms with E-state index >= 15 is 0 Å². The molecule has 0 aliphatic heterocycles. The summed E-state index contributed by atoms with van der Waals surface area (Å²) < 4.78 is 18.9. The lowest BCUT2D eigenvalue weighted by molar-refractivity contribution is 0.316. The Balaban J connectivity index is 2.07. The number of rotatable bonds is 4. The minimum absolute atomic E-state index is 0.226. The van der Waals surface area contributed by atoms with E-state index < -0.39 is 0 Å². The highest BCUT2D eigenvalue weighted by Gasteiger charge is 2.08. The fourth-order valence-corrected chi connectivity index (χ4v) is 2.15. The van der Waals surface area contributed by atoms with Crippen molar-refractivity contribution < 1.29 is 8.81 Å². The molecule has 21 heavy (non-hydrogen) atoms. The molecule has 0 radical (unpaired) electrons. The van der Waals surface area contributed by atoms with Crippen LogP contribution in [0.1, 0.15) is 22.5 Å². The maximum Gasteiger partial charge on any atom is 0.138 e. The molecule has 0 aliphatic rings. The van der Waals surface area contributed by atoms with Crippen molar-refractivity contribution >= 4 is 0 Å². The van der Waals surface area contributed by atoms with Crippen molar-refractivity contribution in [1.82, 2.24) is 4.90 Å². The standard InChI is InChI=1S/C17H19FN2O/c1-13-16(7-9-21-13)12-20(2)11-14-5-6-17(18)15(10-14)4-3-8-19/h5-7,9-10H,8,11-12,19H2,1-2H3. The average molecular weight is 286 g/mol. The van der Waals surface area contributed by atoms with Gasteiger partial charge in [-0.05, 0) is 37.7 Å². The highest BCUT2D eigenvalue weighted by Crippen LogP contribution is 2.15. The molecule has 0 bridgehead atoms. The van der Waals surface area contributed by atoms with E-state index in [0.717, 1.165) is 23.4 Å². The lowest BCUT2D eigenvalue weighted by Gasteiger charge is -2.16. The Morgan fingerprint density at radius 3 is 2.76 bits per heavy atom. The second-order valence-corrected chi connectivity index (χ2v) is 4.99. The summed E-state index contributed by atoms with van der Waals surface area (Å²) in [4.78, 5) is 2.14. The van der Waals surface area contributed by atoms with Gasteiger partial charge in [-0.3, -0.25) is 4.90 Å². The van der Waals surface area contributed by atoms with Crippen molar-refractivity contribution in [2.45, 2.75) is 20.0 Å². The first-order valence-electron chi connectivity index (χ1n) is 6.79. The molecule has 110 valence electrons. The summed E-state index contributed by atoms with van der Waals surface area (Å²) in [5.74, 6) is 6.05. The first-order chi connectivity index (χ1) is 10.1. The molecule has 2 N–H and O–H groups in total. The van der Waals surface area contributed by atoms with Gasteiger partial charge in [-0.1, -0.05) is 17.9 Å². The number of benzene rings is 1. The third-order valence-corrected chi connectivity index (χ3v) is 3.21. The van der Waals surface area contributed by atoms with Crippen LogP contribution in [0.4, 0.5) is 4.39 Å². The highest BCUT2D eigenvalue weighted by molar-refractivity contribution is 5.38. The van der Waals surface area contributed by atoms with Crippen LogP contribution in [-0.4, -0.2) is 18.5 Å². The van der Waals surface area contributed by atoms with Crippen molar-refractivity contribution in [1.29, 1.82) is 0 Å². The molecule has 0 fully saturated rings. The molecule has 0 atom stereocenters. The second kappa shape index (κ2) is 7.07. The fraction of sp³-hybridized carbons (Fsp3) is 0.294. The number of hydrogen-bond acceptors (Lipinski definition) is 3. The van der Waals surface area contributed by atoms with Gasteiger partial charge in [-0.15, -0.1) is 0 Å². The monoisotopic (exact) mass is 286 g/mol. The van der Waals surface area contributed by atoms with Crippen LogP contribution >= 0.6 is 0 Å². The summed E-state index contributed by atoms with van der Waals surface area (Å²) in [6.45, 7) is 3.66. The molecule has 0 aliphatic carbocycles. The number of halogens is 1. The van der Waals surface area contributed by atoms with Gasteiger partial charge < -0.3 is 10.2 Å². The summed E-state index contributed by atoms with van der Waals surface area (Å²) in [5.41, 5.74) is 7.89. The van der Waals surface area contributed by atoms with Gasteiger partial charge in [0.05, 0.1) is 18.4 Å². The van der Waals surface area contributed by atoms with E-state index in [1.807, 2.05) is 20.0 Å². The van der Waals surface area contributed by atoms with Gasteiger partial charge in [0.25, 0.3) is 0 Å². The van der Waals surface area contributed by atoms with Crippen LogP contribution in [0.15, 0.2) is 34.9 Å². The van der Waals surface area contributed by atoms with Crippen LogP contribution in [-0.2, 0) is 13.1 Å². The lowest BCUT2D eigenvalue weighted by Crippen LogP contribution is -2.17. The van der Waals surface area contributed by atoms with E-state index in [2.05, 4.69) is 16.7 Å². The maximum atomic E-state index is 13.6. The van der Waals surface area contributed by atoms with E-state index in [4.69, 9.17) is 10.2 Å². The van der Waals surface area contributed by atoms with E-state index in [1.54, 1.807) is 18.4 Å². The molecule has 2 aromatic rings. The number of nitrogens with zero attached hydrogens (tertiary/aromatic N) is 1. The zero-order valence-corrected chi connectivity index (χ0v) is 12.3. The van der Waals surface area contributed by atoms with E-state index in [0.29, 0.717) is 12.1 Å². The van der Waals surface area contributed by atoms with Gasteiger partial charge in [-0.25, -0.2) is 4.39 Å². The molecule has 0 saturated heterocycles. The van der Waals surface area contributed by atoms with Gasteiger partial charge >= 0.3 is 0 Å². The molecule has 3 nitrogen and oxygen atoms in total. The summed E-state index contributed by atoms with van der Waals surface area (Å²) in [6, 6.07) is 6.97. The predicted molar refractivity (Wildman–Crippen MR) is 80.9 cm³/mol. The quantitative estimate of drug-likeness (QED) is 0.879. The van der Waals surface area contributed by atoms with E-state index in [9.17, 15) is 4.39 Å². The largest absolute Gasteiger partial charge is 0.469 e. The maximum absolute atomic E-state index is 13.6. The molecule has 1 aromatic carbocycles. The Morgan fingerprint density at radius 1 is 1.29 bits per heavy atom. The number of hydrogen-bond donors (Lipinski definition) is 1. The van der Waals surface area contributed by atoms with Crippen LogP contribution < -0.4 is 5.73 Å². The summed E-state index contributed by atoms with van der Waals surface area (Å²) >= 11 is 0. The zero-order chi connectivity index (χ0) is 15.2. The molecular weight excluding hydrogens is 267 g/mol. The predicted octanol–water partition coefficient (Wildman–Crippen LogP) is 2.67. The van der Waals surface area contributed by atoms with Crippen molar-refractivity contribution in [2.24, 2.45) is 5.73 Å². The summed E-state index contributed by atoms with van der Waals surface area (Å²) in [7, 11) is 2.01. The van der Waals surface area contributed by atoms with E-state index in [1.165, 1.54) is 6.07 Å². The van der Waals surface area contributed by atoms with E-state index in [-0.39, 0.29) is 12.4 Å². The summed E-state index contributed by atoms with van der Waals surface area (Å²) in [6.07, 6.45) is 1.69. The Hall–Kier alpha value is -2.09. The van der Waals surface area contributed by atoms with Gasteiger partial charge in [0.15, 0.2) is 0 Å². The smallest absolute Gasteiger partial charge is 0.138 e. The third kappa shape index (κ3) is 4.19. The Bertz CT molecular complexity index is 667. The van der Waals surface area contributed by atoms with Crippen LogP contribution in [0.25, 0.3) is 0 Å². The Labute approximate surface area is 124 Å². The van der Waals surface area contributed by atoms with Gasteiger partial charge in [0.2, 0.25) is 0 Å². The average Bonchev–Trinajstić information content (AvgIpc) is 2.85. The fourth-order valence-electron chi connectivity index (χ4n) is 2.15. The lowest BCUT2D eigenvalue weighted by atomic mass is 10.1. The van der Waals surface area contributed by atoms with Crippen LogP contribution in [0.5, 0.6) is 0 Å². The first kappa shape index (κ1) is 15.3. The second-order valence-electron chi connectivity index (χ2n) is 4.99. The molecule has 1 aromatic heterocycles.